The third-order valence-electron chi connectivity index (χ3n) is 2.68. The molecule has 1 aromatic rings. The second-order valence-electron chi connectivity index (χ2n) is 4.02. The Labute approximate surface area is 96.3 Å². The molecule has 0 amide bonds. The lowest BCUT2D eigenvalue weighted by atomic mass is 10.2. The van der Waals surface area contributed by atoms with Crippen molar-refractivity contribution in [3.8, 4) is 0 Å². The number of nitrogens with zero attached hydrogens (tertiary/aromatic N) is 2. The molecule has 2 rings (SSSR count). The van der Waals surface area contributed by atoms with Gasteiger partial charge in [-0.25, -0.2) is 0 Å². The van der Waals surface area contributed by atoms with Gasteiger partial charge in [-0.05, 0) is 30.2 Å². The van der Waals surface area contributed by atoms with Crippen LogP contribution in [0.25, 0.3) is 6.08 Å². The van der Waals surface area contributed by atoms with Crippen molar-refractivity contribution >= 4 is 17.6 Å². The van der Waals surface area contributed by atoms with E-state index in [1.165, 1.54) is 0 Å². The quantitative estimate of drug-likeness (QED) is 0.767. The summed E-state index contributed by atoms with van der Waals surface area (Å²) in [6.07, 6.45) is 5.28. The van der Waals surface area contributed by atoms with Crippen molar-refractivity contribution in [2.75, 3.05) is 25.9 Å². The first kappa shape index (κ1) is 10.7. The number of anilines is 1. The summed E-state index contributed by atoms with van der Waals surface area (Å²) < 4.78 is 0. The van der Waals surface area contributed by atoms with Gasteiger partial charge >= 0.3 is 0 Å². The van der Waals surface area contributed by atoms with Gasteiger partial charge in [0.2, 0.25) is 0 Å². The van der Waals surface area contributed by atoms with Crippen LogP contribution in [-0.4, -0.2) is 30.9 Å². The van der Waals surface area contributed by atoms with Crippen LogP contribution < -0.4 is 5.73 Å². The molecule has 0 aromatic heterocycles. The summed E-state index contributed by atoms with van der Waals surface area (Å²) in [6.45, 7) is 2.02. The van der Waals surface area contributed by atoms with E-state index in [1.54, 1.807) is 0 Å². The Morgan fingerprint density at radius 1 is 1.25 bits per heavy atom. The molecule has 3 nitrogen and oxygen atoms in total. The van der Waals surface area contributed by atoms with Crippen LogP contribution in [0.2, 0.25) is 0 Å². The van der Waals surface area contributed by atoms with E-state index in [1.807, 2.05) is 24.3 Å². The van der Waals surface area contributed by atoms with Crippen LogP contribution in [0.5, 0.6) is 0 Å². The zero-order valence-corrected chi connectivity index (χ0v) is 9.56. The molecule has 1 aliphatic heterocycles. The normalized spacial score (nSPS) is 16.6. The first-order valence-electron chi connectivity index (χ1n) is 5.55. The number of hydrogen-bond acceptors (Lipinski definition) is 3. The number of aliphatic imine (C=N–C) groups is 1. The predicted molar refractivity (Wildman–Crippen MR) is 69.4 cm³/mol. The summed E-state index contributed by atoms with van der Waals surface area (Å²) in [5.41, 5.74) is 7.58. The Morgan fingerprint density at radius 2 is 2.00 bits per heavy atom. The zero-order chi connectivity index (χ0) is 11.4. The smallest absolute Gasteiger partial charge is 0.123 e. The van der Waals surface area contributed by atoms with Gasteiger partial charge in [-0.3, -0.25) is 4.99 Å². The van der Waals surface area contributed by atoms with Crippen molar-refractivity contribution in [1.82, 2.24) is 4.90 Å². The van der Waals surface area contributed by atoms with E-state index in [4.69, 9.17) is 5.73 Å². The fraction of sp³-hybridized carbons (Fsp3) is 0.308. The molecule has 0 atom stereocenters. The summed E-state index contributed by atoms with van der Waals surface area (Å²) in [4.78, 5) is 6.65. The SMILES string of the molecule is CN1CCCN=C1/C=C\c1ccc(N)cc1. The molecule has 16 heavy (non-hydrogen) atoms. The topological polar surface area (TPSA) is 41.6 Å². The molecule has 1 heterocycles. The number of hydrogen-bond donors (Lipinski definition) is 1. The van der Waals surface area contributed by atoms with Gasteiger partial charge in [-0.2, -0.15) is 0 Å². The Bertz CT molecular complexity index is 404. The second kappa shape index (κ2) is 4.84. The maximum absolute atomic E-state index is 5.63. The number of benzene rings is 1. The number of rotatable bonds is 2. The molecule has 0 aliphatic carbocycles. The van der Waals surface area contributed by atoms with E-state index >= 15 is 0 Å². The largest absolute Gasteiger partial charge is 0.399 e. The van der Waals surface area contributed by atoms with Gasteiger partial charge in [0.25, 0.3) is 0 Å². The van der Waals surface area contributed by atoms with Gasteiger partial charge in [0.1, 0.15) is 5.84 Å². The van der Waals surface area contributed by atoms with Crippen molar-refractivity contribution in [3.05, 3.63) is 35.9 Å². The predicted octanol–water partition coefficient (Wildman–Crippen LogP) is 2.02. The highest BCUT2D eigenvalue weighted by molar-refractivity contribution is 5.96. The standard InChI is InChI=1S/C13H17N3/c1-16-10-2-9-15-13(16)8-5-11-3-6-12(14)7-4-11/h3-8H,2,9-10,14H2,1H3/b8-5-. The molecule has 0 bridgehead atoms. The lowest BCUT2D eigenvalue weighted by molar-refractivity contribution is 0.470. The summed E-state index contributed by atoms with van der Waals surface area (Å²) >= 11 is 0. The molecule has 2 N–H and O–H groups in total. The lowest BCUT2D eigenvalue weighted by Gasteiger charge is -2.22. The number of likely N-dealkylation sites (N-methyl/N-ethyl adjacent to an activating group) is 1. The minimum absolute atomic E-state index is 0.796. The van der Waals surface area contributed by atoms with Crippen molar-refractivity contribution in [1.29, 1.82) is 0 Å². The molecule has 0 saturated heterocycles. The van der Waals surface area contributed by atoms with Crippen LogP contribution in [-0.2, 0) is 0 Å². The molecule has 1 aromatic carbocycles. The van der Waals surface area contributed by atoms with Crippen molar-refractivity contribution in [3.63, 3.8) is 0 Å². The highest BCUT2D eigenvalue weighted by Gasteiger charge is 2.06. The van der Waals surface area contributed by atoms with E-state index in [-0.39, 0.29) is 0 Å². The van der Waals surface area contributed by atoms with E-state index in [0.717, 1.165) is 36.6 Å². The molecule has 0 fully saturated rings. The third-order valence-corrected chi connectivity index (χ3v) is 2.68. The first-order valence-corrected chi connectivity index (χ1v) is 5.55. The summed E-state index contributed by atoms with van der Waals surface area (Å²) in [5, 5.41) is 0. The van der Waals surface area contributed by atoms with E-state index < -0.39 is 0 Å². The van der Waals surface area contributed by atoms with Gasteiger partial charge < -0.3 is 10.6 Å². The third kappa shape index (κ3) is 2.63. The minimum atomic E-state index is 0.796. The summed E-state index contributed by atoms with van der Waals surface area (Å²) in [7, 11) is 2.07. The average Bonchev–Trinajstić information content (AvgIpc) is 2.30. The van der Waals surface area contributed by atoms with E-state index in [0.29, 0.717) is 0 Å². The van der Waals surface area contributed by atoms with E-state index in [9.17, 15) is 0 Å². The molecule has 0 radical (unpaired) electrons. The number of amidine groups is 1. The second-order valence-corrected chi connectivity index (χ2v) is 4.02. The van der Waals surface area contributed by atoms with E-state index in [2.05, 4.69) is 29.1 Å². The molecule has 3 heteroatoms. The molecule has 84 valence electrons. The fourth-order valence-electron chi connectivity index (χ4n) is 1.69. The lowest BCUT2D eigenvalue weighted by Crippen LogP contribution is -2.30. The summed E-state index contributed by atoms with van der Waals surface area (Å²) in [5.74, 6) is 1.06. The van der Waals surface area contributed by atoms with Crippen LogP contribution in [0, 0.1) is 0 Å². The van der Waals surface area contributed by atoms with Crippen LogP contribution >= 0.6 is 0 Å². The highest BCUT2D eigenvalue weighted by Crippen LogP contribution is 2.08. The maximum Gasteiger partial charge on any atom is 0.123 e. The minimum Gasteiger partial charge on any atom is -0.399 e. The Hall–Kier alpha value is -1.77. The van der Waals surface area contributed by atoms with Crippen molar-refractivity contribution < 1.29 is 0 Å². The van der Waals surface area contributed by atoms with Gasteiger partial charge in [0, 0.05) is 25.8 Å². The molecule has 0 spiro atoms. The van der Waals surface area contributed by atoms with Crippen molar-refractivity contribution in [2.45, 2.75) is 6.42 Å². The van der Waals surface area contributed by atoms with Gasteiger partial charge in [0.15, 0.2) is 0 Å². The Kier molecular flexibility index (Phi) is 3.25. The molecular weight excluding hydrogens is 198 g/mol. The van der Waals surface area contributed by atoms with Crippen LogP contribution in [0.4, 0.5) is 5.69 Å². The highest BCUT2D eigenvalue weighted by atomic mass is 15.2. The van der Waals surface area contributed by atoms with Gasteiger partial charge in [-0.1, -0.05) is 18.2 Å². The fourth-order valence-corrected chi connectivity index (χ4v) is 1.69. The average molecular weight is 215 g/mol. The van der Waals surface area contributed by atoms with Crippen LogP contribution in [0.3, 0.4) is 0 Å². The molecule has 1 aliphatic rings. The Morgan fingerprint density at radius 3 is 2.69 bits per heavy atom. The monoisotopic (exact) mass is 215 g/mol. The zero-order valence-electron chi connectivity index (χ0n) is 9.56. The summed E-state index contributed by atoms with van der Waals surface area (Å²) in [6, 6.07) is 7.84. The maximum atomic E-state index is 5.63. The molecular formula is C13H17N3. The molecule has 0 saturated carbocycles. The van der Waals surface area contributed by atoms with Crippen LogP contribution in [0.15, 0.2) is 35.3 Å². The Balaban J connectivity index is 2.08. The van der Waals surface area contributed by atoms with Gasteiger partial charge in [-0.15, -0.1) is 0 Å². The van der Waals surface area contributed by atoms with Gasteiger partial charge in [0.05, 0.1) is 0 Å². The number of nitrogens with two attached hydrogens (primary N) is 1. The number of nitrogen functional groups attached to an aromatic ring is 1. The van der Waals surface area contributed by atoms with Crippen molar-refractivity contribution in [2.24, 2.45) is 4.99 Å². The molecule has 0 unspecified atom stereocenters. The van der Waals surface area contributed by atoms with Crippen LogP contribution in [0.1, 0.15) is 12.0 Å². The first-order chi connectivity index (χ1) is 7.75.